The average molecular weight is 669 g/mol. The molecule has 12 atom stereocenters. The van der Waals surface area contributed by atoms with Crippen molar-refractivity contribution in [3.8, 4) is 0 Å². The van der Waals surface area contributed by atoms with Crippen LogP contribution in [0.2, 0.25) is 0 Å². The fourth-order valence-electron chi connectivity index (χ4n) is 12.1. The predicted octanol–water partition coefficient (Wildman–Crippen LogP) is 7.33. The van der Waals surface area contributed by atoms with Crippen LogP contribution in [0.3, 0.4) is 0 Å². The van der Waals surface area contributed by atoms with E-state index in [4.69, 9.17) is 9.47 Å². The van der Waals surface area contributed by atoms with Gasteiger partial charge in [0.05, 0.1) is 24.2 Å². The number of hydrogen-bond acceptors (Lipinski definition) is 7. The third kappa shape index (κ3) is 4.82. The number of carbonyl (C=O) groups excluding carboxylic acids is 2. The fraction of sp³-hybridized carbons (Fsp3) is 0.805. The first-order valence-electron chi connectivity index (χ1n) is 18.5. The van der Waals surface area contributed by atoms with E-state index in [1.165, 1.54) is 6.42 Å². The molecule has 5 rings (SSSR count). The zero-order valence-electron chi connectivity index (χ0n) is 31.8. The maximum absolute atomic E-state index is 13.5. The summed E-state index contributed by atoms with van der Waals surface area (Å²) < 4.78 is 12.5. The second-order valence-electron chi connectivity index (χ2n) is 18.4. The van der Waals surface area contributed by atoms with Gasteiger partial charge in [0.1, 0.15) is 6.10 Å². The van der Waals surface area contributed by atoms with E-state index in [0.29, 0.717) is 35.3 Å². The first-order valence-corrected chi connectivity index (χ1v) is 18.5. The summed E-state index contributed by atoms with van der Waals surface area (Å²) >= 11 is 0. The smallest absolute Gasteiger partial charge is 0.333 e. The topological polar surface area (TPSA) is 113 Å². The summed E-state index contributed by atoms with van der Waals surface area (Å²) in [5, 5.41) is 36.8. The maximum atomic E-state index is 13.5. The van der Waals surface area contributed by atoms with Crippen LogP contribution in [0.4, 0.5) is 0 Å². The van der Waals surface area contributed by atoms with Crippen molar-refractivity contribution in [1.82, 2.24) is 0 Å². The van der Waals surface area contributed by atoms with Crippen LogP contribution in [-0.4, -0.2) is 58.3 Å². The molecule has 5 aliphatic carbocycles. The molecule has 0 aromatic carbocycles. The highest BCUT2D eigenvalue weighted by molar-refractivity contribution is 5.88. The quantitative estimate of drug-likeness (QED) is 0.160. The van der Waals surface area contributed by atoms with Gasteiger partial charge in [0.25, 0.3) is 0 Å². The molecule has 0 aromatic rings. The van der Waals surface area contributed by atoms with Gasteiger partial charge in [0, 0.05) is 22.0 Å². The molecule has 7 nitrogen and oxygen atoms in total. The minimum absolute atomic E-state index is 0.0854. The molecule has 4 unspecified atom stereocenters. The molecule has 0 aliphatic heterocycles. The van der Waals surface area contributed by atoms with Gasteiger partial charge in [-0.25, -0.2) is 9.59 Å². The van der Waals surface area contributed by atoms with Gasteiger partial charge in [0.2, 0.25) is 0 Å². The van der Waals surface area contributed by atoms with E-state index in [-0.39, 0.29) is 16.2 Å². The molecule has 4 fully saturated rings. The zero-order valence-corrected chi connectivity index (χ0v) is 31.8. The number of aliphatic hydroxyl groups is 3. The van der Waals surface area contributed by atoms with Crippen molar-refractivity contribution in [1.29, 1.82) is 0 Å². The highest BCUT2D eigenvalue weighted by Crippen LogP contribution is 2.76. The van der Waals surface area contributed by atoms with E-state index >= 15 is 0 Å². The lowest BCUT2D eigenvalue weighted by Crippen LogP contribution is -2.76. The Bertz CT molecular complexity index is 1400. The van der Waals surface area contributed by atoms with E-state index < -0.39 is 65.1 Å². The number of rotatable bonds is 5. The zero-order chi connectivity index (χ0) is 36.0. The van der Waals surface area contributed by atoms with Crippen LogP contribution in [0.15, 0.2) is 34.9 Å². The molecule has 48 heavy (non-hydrogen) atoms. The lowest BCUT2D eigenvalue weighted by atomic mass is 9.32. The Hall–Kier alpha value is -1.96. The standard InChI is InChI=1S/C41H64O7/c1-13-23(3)34(45)47-32-33(48-35(46)24(4)14-2)41(22-42)27(21-36(32,6)7)26-15-16-29-38(10)19-17-25(5)37(8,9)28(38)18-20-39(29,11)40(26,12)30(43)31(41)44/h13-15,25,27-33,42-44H,16-22H2,1-12H3/t25-,27?,28?,29?,30-,31+,32-,33-,38-,39+,40-,41?/m0/s1. The molecular weight excluding hydrogens is 604 g/mol. The Balaban J connectivity index is 1.69. The predicted molar refractivity (Wildman–Crippen MR) is 187 cm³/mol. The number of aliphatic hydroxyl groups excluding tert-OH is 3. The van der Waals surface area contributed by atoms with E-state index in [2.05, 4.69) is 47.6 Å². The summed E-state index contributed by atoms with van der Waals surface area (Å²) in [4.78, 5) is 26.9. The number of allylic oxidation sites excluding steroid dienone is 3. The minimum Gasteiger partial charge on any atom is -0.454 e. The fourth-order valence-corrected chi connectivity index (χ4v) is 12.1. The summed E-state index contributed by atoms with van der Waals surface area (Å²) in [6, 6.07) is 0. The summed E-state index contributed by atoms with van der Waals surface area (Å²) in [5.41, 5.74) is -1.16. The molecule has 0 bridgehead atoms. The van der Waals surface area contributed by atoms with Crippen LogP contribution in [0.25, 0.3) is 0 Å². The SMILES string of the molecule is CC=C(C)C(=O)O[C@H]1[C@H](OC(=O)C(C)=CC)C2(CO)C(CC1(C)C)C1=CCC3[C@@]4(C)CC[C@H](C)C(C)(C)C4CC[C@@]3(C)[C@]1(C)[C@@H](O)[C@H]2O. The largest absolute Gasteiger partial charge is 0.454 e. The highest BCUT2D eigenvalue weighted by Gasteiger charge is 2.76. The van der Waals surface area contributed by atoms with Crippen molar-refractivity contribution in [2.24, 2.45) is 56.2 Å². The van der Waals surface area contributed by atoms with Crippen LogP contribution in [-0.2, 0) is 19.1 Å². The number of fused-ring (bicyclic) bond motifs is 7. The van der Waals surface area contributed by atoms with Crippen molar-refractivity contribution in [3.63, 3.8) is 0 Å². The number of carbonyl (C=O) groups is 2. The van der Waals surface area contributed by atoms with Crippen LogP contribution >= 0.6 is 0 Å². The highest BCUT2D eigenvalue weighted by atomic mass is 16.6. The molecule has 4 saturated carbocycles. The maximum Gasteiger partial charge on any atom is 0.333 e. The van der Waals surface area contributed by atoms with Crippen LogP contribution in [0, 0.1) is 56.2 Å². The Morgan fingerprint density at radius 2 is 1.42 bits per heavy atom. The summed E-state index contributed by atoms with van der Waals surface area (Å²) in [6.45, 7) is 24.6. The van der Waals surface area contributed by atoms with Gasteiger partial charge < -0.3 is 24.8 Å². The van der Waals surface area contributed by atoms with Gasteiger partial charge in [-0.1, -0.05) is 79.2 Å². The average Bonchev–Trinajstić information content (AvgIpc) is 3.03. The second-order valence-corrected chi connectivity index (χ2v) is 18.4. The van der Waals surface area contributed by atoms with Gasteiger partial charge in [0.15, 0.2) is 6.10 Å². The van der Waals surface area contributed by atoms with Crippen molar-refractivity contribution < 1.29 is 34.4 Å². The van der Waals surface area contributed by atoms with E-state index in [0.717, 1.165) is 31.3 Å². The normalized spacial score (nSPS) is 46.6. The Morgan fingerprint density at radius 3 is 1.96 bits per heavy atom. The van der Waals surface area contributed by atoms with Gasteiger partial charge in [-0.15, -0.1) is 0 Å². The van der Waals surface area contributed by atoms with Gasteiger partial charge in [-0.05, 0) is 106 Å². The Kier molecular flexibility index (Phi) is 9.39. The monoisotopic (exact) mass is 668 g/mol. The van der Waals surface area contributed by atoms with Gasteiger partial charge in [-0.2, -0.15) is 0 Å². The third-order valence-corrected chi connectivity index (χ3v) is 16.0. The molecule has 0 spiro atoms. The molecule has 0 aromatic heterocycles. The van der Waals surface area contributed by atoms with Gasteiger partial charge in [-0.3, -0.25) is 0 Å². The van der Waals surface area contributed by atoms with Gasteiger partial charge >= 0.3 is 11.9 Å². The number of hydrogen-bond donors (Lipinski definition) is 3. The van der Waals surface area contributed by atoms with E-state index in [1.807, 2.05) is 13.8 Å². The lowest BCUT2D eigenvalue weighted by molar-refractivity contribution is -0.291. The molecule has 0 radical (unpaired) electrons. The van der Waals surface area contributed by atoms with Crippen molar-refractivity contribution in [2.45, 2.75) is 146 Å². The lowest BCUT2D eigenvalue weighted by Gasteiger charge is -2.73. The number of esters is 2. The number of ether oxygens (including phenoxy) is 2. The summed E-state index contributed by atoms with van der Waals surface area (Å²) in [6.07, 6.45) is 6.48. The van der Waals surface area contributed by atoms with Crippen molar-refractivity contribution in [2.75, 3.05) is 6.61 Å². The minimum atomic E-state index is -1.49. The van der Waals surface area contributed by atoms with Crippen molar-refractivity contribution in [3.05, 3.63) is 34.9 Å². The van der Waals surface area contributed by atoms with E-state index in [1.54, 1.807) is 39.8 Å². The van der Waals surface area contributed by atoms with Crippen molar-refractivity contribution >= 4 is 11.9 Å². The summed E-state index contributed by atoms with van der Waals surface area (Å²) in [7, 11) is 0. The Morgan fingerprint density at radius 1 is 0.854 bits per heavy atom. The molecule has 0 heterocycles. The second kappa shape index (κ2) is 12.1. The molecule has 0 saturated heterocycles. The molecular formula is C41H64O7. The van der Waals surface area contributed by atoms with Crippen LogP contribution in [0.5, 0.6) is 0 Å². The first-order chi connectivity index (χ1) is 22.2. The molecule has 5 aliphatic rings. The molecule has 0 amide bonds. The molecule has 270 valence electrons. The summed E-state index contributed by atoms with van der Waals surface area (Å²) in [5.74, 6) is -0.0390. The Labute approximate surface area is 289 Å². The molecule has 7 heteroatoms. The van der Waals surface area contributed by atoms with Crippen LogP contribution in [0.1, 0.15) is 122 Å². The first kappa shape index (κ1) is 37.3. The third-order valence-electron chi connectivity index (χ3n) is 16.0. The molecule has 3 N–H and O–H groups in total. The van der Waals surface area contributed by atoms with E-state index in [9.17, 15) is 24.9 Å². The van der Waals surface area contributed by atoms with Crippen LogP contribution < -0.4 is 0 Å².